The van der Waals surface area contributed by atoms with Gasteiger partial charge in [0.2, 0.25) is 0 Å². The Morgan fingerprint density at radius 3 is 2.32 bits per heavy atom. The van der Waals surface area contributed by atoms with E-state index >= 15 is 0 Å². The summed E-state index contributed by atoms with van der Waals surface area (Å²) in [7, 11) is 3.24. The van der Waals surface area contributed by atoms with Gasteiger partial charge in [-0.1, -0.05) is 42.0 Å². The van der Waals surface area contributed by atoms with Gasteiger partial charge in [0.05, 0.1) is 30.6 Å². The molecular weight excluding hydrogens is 478 g/mol. The molecular formula is C30H29N5O3. The molecule has 0 amide bonds. The van der Waals surface area contributed by atoms with Crippen molar-refractivity contribution in [3.8, 4) is 22.9 Å². The van der Waals surface area contributed by atoms with Crippen LogP contribution in [0.15, 0.2) is 71.8 Å². The molecule has 0 unspecified atom stereocenters. The summed E-state index contributed by atoms with van der Waals surface area (Å²) < 4.78 is 12.9. The Balaban J connectivity index is 1.38. The Morgan fingerprint density at radius 1 is 0.842 bits per heavy atom. The van der Waals surface area contributed by atoms with Gasteiger partial charge < -0.3 is 14.4 Å². The molecule has 6 rings (SSSR count). The molecule has 1 aliphatic heterocycles. The minimum Gasteiger partial charge on any atom is -0.493 e. The highest BCUT2D eigenvalue weighted by Gasteiger charge is 2.27. The van der Waals surface area contributed by atoms with Crippen molar-refractivity contribution < 1.29 is 9.47 Å². The molecule has 192 valence electrons. The first-order valence-corrected chi connectivity index (χ1v) is 12.8. The third-order valence-electron chi connectivity index (χ3n) is 7.34. The standard InChI is InChI=1S/C30H29N5O3/c1-19-9-10-24-23(15-19)30(36)35(28(33-24)20-7-5-4-6-8-20)21-11-13-34(14-12-21)29-22-16-26(37-2)27(38-3)17-25(22)31-18-32-29/h4-10,15-18,21H,11-14H2,1-3H3. The van der Waals surface area contributed by atoms with Gasteiger partial charge in [-0.25, -0.2) is 15.0 Å². The van der Waals surface area contributed by atoms with Gasteiger partial charge in [-0.05, 0) is 38.0 Å². The summed E-state index contributed by atoms with van der Waals surface area (Å²) in [6.45, 7) is 3.50. The van der Waals surface area contributed by atoms with Crippen molar-refractivity contribution in [3.05, 3.63) is 82.9 Å². The fraction of sp³-hybridized carbons (Fsp3) is 0.267. The van der Waals surface area contributed by atoms with Gasteiger partial charge in [0.25, 0.3) is 5.56 Å². The predicted octanol–water partition coefficient (Wildman–Crippen LogP) is 5.17. The smallest absolute Gasteiger partial charge is 0.261 e. The Hall–Kier alpha value is -4.46. The molecule has 1 saturated heterocycles. The van der Waals surface area contributed by atoms with Crippen LogP contribution < -0.4 is 19.9 Å². The van der Waals surface area contributed by atoms with Gasteiger partial charge in [-0.3, -0.25) is 9.36 Å². The summed E-state index contributed by atoms with van der Waals surface area (Å²) >= 11 is 0. The van der Waals surface area contributed by atoms with Gasteiger partial charge in [0.15, 0.2) is 11.5 Å². The first kappa shape index (κ1) is 23.9. The number of aromatic nitrogens is 4. The second kappa shape index (κ2) is 9.78. The van der Waals surface area contributed by atoms with E-state index in [1.54, 1.807) is 20.5 Å². The number of methoxy groups -OCH3 is 2. The number of piperidine rings is 1. The van der Waals surface area contributed by atoms with E-state index in [-0.39, 0.29) is 11.6 Å². The van der Waals surface area contributed by atoms with Gasteiger partial charge in [-0.2, -0.15) is 0 Å². The molecule has 0 N–H and O–H groups in total. The van der Waals surface area contributed by atoms with Gasteiger partial charge in [-0.15, -0.1) is 0 Å². The van der Waals surface area contributed by atoms with Crippen LogP contribution in [0.4, 0.5) is 5.82 Å². The molecule has 1 aliphatic rings. The number of nitrogens with zero attached hydrogens (tertiary/aromatic N) is 5. The zero-order chi connectivity index (χ0) is 26.2. The number of aryl methyl sites for hydroxylation is 1. The van der Waals surface area contributed by atoms with Crippen LogP contribution in [-0.2, 0) is 0 Å². The van der Waals surface area contributed by atoms with Gasteiger partial charge >= 0.3 is 0 Å². The average molecular weight is 508 g/mol. The predicted molar refractivity (Wildman–Crippen MR) is 149 cm³/mol. The van der Waals surface area contributed by atoms with E-state index in [0.29, 0.717) is 16.9 Å². The Labute approximate surface area is 220 Å². The highest BCUT2D eigenvalue weighted by Crippen LogP contribution is 2.36. The second-order valence-electron chi connectivity index (χ2n) is 9.64. The maximum atomic E-state index is 13.9. The summed E-state index contributed by atoms with van der Waals surface area (Å²) in [6, 6.07) is 19.7. The lowest BCUT2D eigenvalue weighted by atomic mass is 10.0. The van der Waals surface area contributed by atoms with Crippen LogP contribution >= 0.6 is 0 Å². The number of hydrogen-bond donors (Lipinski definition) is 0. The van der Waals surface area contributed by atoms with Crippen molar-refractivity contribution >= 4 is 27.6 Å². The third kappa shape index (κ3) is 4.12. The normalized spacial score (nSPS) is 14.2. The quantitative estimate of drug-likeness (QED) is 0.324. The monoisotopic (exact) mass is 507 g/mol. The molecule has 3 aromatic carbocycles. The van der Waals surface area contributed by atoms with E-state index < -0.39 is 0 Å². The molecule has 2 aromatic heterocycles. The first-order chi connectivity index (χ1) is 18.6. The number of ether oxygens (including phenoxy) is 2. The van der Waals surface area contributed by atoms with Crippen molar-refractivity contribution in [3.63, 3.8) is 0 Å². The van der Waals surface area contributed by atoms with Crippen LogP contribution in [-0.4, -0.2) is 46.8 Å². The first-order valence-electron chi connectivity index (χ1n) is 12.8. The zero-order valence-corrected chi connectivity index (χ0v) is 21.7. The molecule has 0 radical (unpaired) electrons. The molecule has 38 heavy (non-hydrogen) atoms. The lowest BCUT2D eigenvalue weighted by molar-refractivity contribution is 0.355. The van der Waals surface area contributed by atoms with E-state index in [9.17, 15) is 4.79 Å². The summed E-state index contributed by atoms with van der Waals surface area (Å²) in [5, 5.41) is 1.57. The molecule has 0 spiro atoms. The fourth-order valence-corrected chi connectivity index (χ4v) is 5.40. The van der Waals surface area contributed by atoms with Crippen LogP contribution in [0.3, 0.4) is 0 Å². The van der Waals surface area contributed by atoms with Crippen molar-refractivity contribution in [2.24, 2.45) is 0 Å². The molecule has 0 atom stereocenters. The Morgan fingerprint density at radius 2 is 1.58 bits per heavy atom. The number of rotatable bonds is 5. The summed E-state index contributed by atoms with van der Waals surface area (Å²) in [5.74, 6) is 2.85. The Bertz CT molecular complexity index is 1690. The number of hydrogen-bond acceptors (Lipinski definition) is 7. The van der Waals surface area contributed by atoms with Crippen molar-refractivity contribution in [2.75, 3.05) is 32.2 Å². The molecule has 8 heteroatoms. The molecule has 1 fully saturated rings. The molecule has 3 heterocycles. The number of anilines is 1. The van der Waals surface area contributed by atoms with Crippen LogP contribution in [0.25, 0.3) is 33.2 Å². The van der Waals surface area contributed by atoms with E-state index in [4.69, 9.17) is 14.5 Å². The Kier molecular flexibility index (Phi) is 6.15. The van der Waals surface area contributed by atoms with Gasteiger partial charge in [0, 0.05) is 36.1 Å². The van der Waals surface area contributed by atoms with E-state index in [0.717, 1.165) is 65.1 Å². The number of fused-ring (bicyclic) bond motifs is 2. The van der Waals surface area contributed by atoms with Crippen molar-refractivity contribution in [1.29, 1.82) is 0 Å². The maximum absolute atomic E-state index is 13.9. The zero-order valence-electron chi connectivity index (χ0n) is 21.7. The van der Waals surface area contributed by atoms with E-state index in [1.807, 2.05) is 72.2 Å². The van der Waals surface area contributed by atoms with Crippen LogP contribution in [0.2, 0.25) is 0 Å². The lowest BCUT2D eigenvalue weighted by Crippen LogP contribution is -2.39. The number of benzene rings is 3. The largest absolute Gasteiger partial charge is 0.493 e. The second-order valence-corrected chi connectivity index (χ2v) is 9.64. The van der Waals surface area contributed by atoms with Crippen LogP contribution in [0, 0.1) is 6.92 Å². The van der Waals surface area contributed by atoms with Crippen LogP contribution in [0.1, 0.15) is 24.4 Å². The lowest BCUT2D eigenvalue weighted by Gasteiger charge is -2.35. The summed E-state index contributed by atoms with van der Waals surface area (Å²) in [5.41, 5.74) is 3.53. The molecule has 8 nitrogen and oxygen atoms in total. The summed E-state index contributed by atoms with van der Waals surface area (Å²) in [4.78, 5) is 30.2. The molecule has 5 aromatic rings. The highest BCUT2D eigenvalue weighted by atomic mass is 16.5. The SMILES string of the molecule is COc1cc2ncnc(N3CCC(n4c(-c5ccccc5)nc5ccc(C)cc5c4=O)CC3)c2cc1OC. The topological polar surface area (TPSA) is 82.4 Å². The minimum absolute atomic E-state index is 0.0142. The van der Waals surface area contributed by atoms with E-state index in [2.05, 4.69) is 14.9 Å². The third-order valence-corrected chi connectivity index (χ3v) is 7.34. The van der Waals surface area contributed by atoms with Crippen LogP contribution in [0.5, 0.6) is 11.5 Å². The van der Waals surface area contributed by atoms with Crippen molar-refractivity contribution in [2.45, 2.75) is 25.8 Å². The van der Waals surface area contributed by atoms with Gasteiger partial charge in [0.1, 0.15) is 18.0 Å². The minimum atomic E-state index is 0.0142. The highest BCUT2D eigenvalue weighted by molar-refractivity contribution is 5.92. The molecule has 0 aliphatic carbocycles. The fourth-order valence-electron chi connectivity index (χ4n) is 5.40. The van der Waals surface area contributed by atoms with Crippen molar-refractivity contribution in [1.82, 2.24) is 19.5 Å². The van der Waals surface area contributed by atoms with E-state index in [1.165, 1.54) is 0 Å². The molecule has 0 bridgehead atoms. The average Bonchev–Trinajstić information content (AvgIpc) is 2.97. The summed E-state index contributed by atoms with van der Waals surface area (Å²) in [6.07, 6.45) is 3.17. The molecule has 0 saturated carbocycles. The maximum Gasteiger partial charge on any atom is 0.261 e.